The van der Waals surface area contributed by atoms with Crippen LogP contribution in [0.15, 0.2) is 35.7 Å². The molecule has 0 aromatic heterocycles. The summed E-state index contributed by atoms with van der Waals surface area (Å²) in [6, 6.07) is 0. The van der Waals surface area contributed by atoms with E-state index in [9.17, 15) is 4.39 Å². The van der Waals surface area contributed by atoms with Crippen molar-refractivity contribution in [3.8, 4) is 0 Å². The fourth-order valence-electron chi connectivity index (χ4n) is 0.874. The zero-order valence-corrected chi connectivity index (χ0v) is 8.23. The van der Waals surface area contributed by atoms with Crippen molar-refractivity contribution in [3.05, 3.63) is 35.7 Å². The minimum Gasteiger partial charge on any atom is -0.308 e. The maximum atomic E-state index is 12.6. The van der Waals surface area contributed by atoms with E-state index in [1.165, 1.54) is 6.92 Å². The summed E-state index contributed by atoms with van der Waals surface area (Å²) < 4.78 is 12.6. The van der Waals surface area contributed by atoms with Crippen LogP contribution in [0.4, 0.5) is 4.39 Å². The highest BCUT2D eigenvalue weighted by Crippen LogP contribution is 2.08. The quantitative estimate of drug-likeness (QED) is 0.493. The Kier molecular flexibility index (Phi) is 5.77. The average molecular weight is 181 g/mol. The molecule has 0 aliphatic carbocycles. The molecule has 0 saturated heterocycles. The van der Waals surface area contributed by atoms with E-state index in [0.717, 1.165) is 24.6 Å². The lowest BCUT2D eigenvalue weighted by atomic mass is 10.1. The van der Waals surface area contributed by atoms with Gasteiger partial charge in [0.15, 0.2) is 0 Å². The summed E-state index contributed by atoms with van der Waals surface area (Å²) in [4.78, 5) is 0. The predicted molar refractivity (Wildman–Crippen MR) is 55.8 cm³/mol. The first kappa shape index (κ1) is 11.8. The lowest BCUT2D eigenvalue weighted by Crippen LogP contribution is -1.82. The van der Waals surface area contributed by atoms with Gasteiger partial charge in [-0.2, -0.15) is 0 Å². The summed E-state index contributed by atoms with van der Waals surface area (Å²) in [6.45, 7) is 7.21. The molecule has 0 amide bonds. The number of halogens is 1. The van der Waals surface area contributed by atoms with Crippen LogP contribution in [0.3, 0.4) is 0 Å². The van der Waals surface area contributed by atoms with Crippen LogP contribution in [0.1, 0.15) is 26.7 Å². The van der Waals surface area contributed by atoms with Crippen LogP contribution in [0.5, 0.6) is 0 Å². The van der Waals surface area contributed by atoms with Gasteiger partial charge in [-0.25, -0.2) is 4.39 Å². The van der Waals surface area contributed by atoms with Gasteiger partial charge in [0.2, 0.25) is 0 Å². The molecule has 0 aliphatic heterocycles. The second kappa shape index (κ2) is 6.35. The van der Waals surface area contributed by atoms with Crippen molar-refractivity contribution in [2.75, 3.05) is 0 Å². The summed E-state index contributed by atoms with van der Waals surface area (Å²) in [5.41, 5.74) is 1.26. The monoisotopic (exact) mass is 181 g/mol. The number of hydrogen-bond acceptors (Lipinski definition) is 1. The summed E-state index contributed by atoms with van der Waals surface area (Å²) in [7, 11) is 0. The van der Waals surface area contributed by atoms with Gasteiger partial charge in [-0.05, 0) is 13.3 Å². The van der Waals surface area contributed by atoms with Gasteiger partial charge in [0.05, 0.1) is 0 Å². The Bertz CT molecular complexity index is 245. The van der Waals surface area contributed by atoms with E-state index < -0.39 is 0 Å². The molecule has 0 saturated carbocycles. The summed E-state index contributed by atoms with van der Waals surface area (Å²) in [6.07, 6.45) is 6.28. The fraction of sp³-hybridized carbons (Fsp3) is 0.364. The lowest BCUT2D eigenvalue weighted by molar-refractivity contribution is 0.637. The van der Waals surface area contributed by atoms with Gasteiger partial charge in [0, 0.05) is 11.8 Å². The molecule has 0 bridgehead atoms. The maximum Gasteiger partial charge on any atom is 0.106 e. The second-order valence-electron chi connectivity index (χ2n) is 2.87. The summed E-state index contributed by atoms with van der Waals surface area (Å²) in [5.74, 6) is -0.337. The van der Waals surface area contributed by atoms with Crippen LogP contribution >= 0.6 is 0 Å². The van der Waals surface area contributed by atoms with Crippen LogP contribution in [-0.4, -0.2) is 6.21 Å². The Morgan fingerprint density at radius 1 is 1.46 bits per heavy atom. The van der Waals surface area contributed by atoms with Crippen molar-refractivity contribution in [2.45, 2.75) is 26.7 Å². The minimum absolute atomic E-state index is 0.303. The van der Waals surface area contributed by atoms with Crippen LogP contribution in [0, 0.1) is 5.41 Å². The SMILES string of the molecule is C=C(/C=C\C(C=N)=C(/C)F)CCC. The third-order valence-corrected chi connectivity index (χ3v) is 1.62. The molecule has 0 aromatic rings. The summed E-state index contributed by atoms with van der Waals surface area (Å²) >= 11 is 0. The number of hydrogen-bond donors (Lipinski definition) is 1. The highest BCUT2D eigenvalue weighted by Gasteiger charge is 1.93. The van der Waals surface area contributed by atoms with E-state index in [2.05, 4.69) is 13.5 Å². The van der Waals surface area contributed by atoms with Gasteiger partial charge in [-0.3, -0.25) is 0 Å². The molecule has 1 N–H and O–H groups in total. The van der Waals surface area contributed by atoms with Crippen molar-refractivity contribution < 1.29 is 4.39 Å². The normalized spacial score (nSPS) is 12.8. The first-order valence-electron chi connectivity index (χ1n) is 4.34. The van der Waals surface area contributed by atoms with Gasteiger partial charge in [-0.15, -0.1) is 0 Å². The second-order valence-corrected chi connectivity index (χ2v) is 2.87. The van der Waals surface area contributed by atoms with Crippen LogP contribution < -0.4 is 0 Å². The predicted octanol–water partition coefficient (Wildman–Crippen LogP) is 3.79. The third kappa shape index (κ3) is 5.12. The molecule has 0 spiro atoms. The average Bonchev–Trinajstić information content (AvgIpc) is 2.05. The zero-order chi connectivity index (χ0) is 10.3. The molecule has 2 heteroatoms. The summed E-state index contributed by atoms with van der Waals surface area (Å²) in [5, 5.41) is 6.93. The molecule has 0 heterocycles. The highest BCUT2D eigenvalue weighted by atomic mass is 19.1. The fourth-order valence-corrected chi connectivity index (χ4v) is 0.874. The largest absolute Gasteiger partial charge is 0.308 e. The molecule has 0 atom stereocenters. The molecule has 0 aromatic carbocycles. The van der Waals surface area contributed by atoms with Gasteiger partial charge < -0.3 is 5.41 Å². The standard InChI is InChI=1S/C11H16FN/c1-4-5-9(2)6-7-11(8-13)10(3)12/h6-8,13H,2,4-5H2,1,3H3/b7-6-,11-10-,13-8?. The Hall–Kier alpha value is -1.18. The van der Waals surface area contributed by atoms with E-state index in [1.54, 1.807) is 12.2 Å². The van der Waals surface area contributed by atoms with Crippen molar-refractivity contribution in [1.29, 1.82) is 5.41 Å². The van der Waals surface area contributed by atoms with Gasteiger partial charge >= 0.3 is 0 Å². The molecular formula is C11H16FN. The Morgan fingerprint density at radius 2 is 2.08 bits per heavy atom. The molecule has 0 rings (SSSR count). The molecule has 0 fully saturated rings. The lowest BCUT2D eigenvalue weighted by Gasteiger charge is -1.96. The van der Waals surface area contributed by atoms with Gasteiger partial charge in [0.25, 0.3) is 0 Å². The van der Waals surface area contributed by atoms with Crippen LogP contribution in [0.2, 0.25) is 0 Å². The molecule has 13 heavy (non-hydrogen) atoms. The van der Waals surface area contributed by atoms with Crippen LogP contribution in [0.25, 0.3) is 0 Å². The number of nitrogens with one attached hydrogen (secondary N) is 1. The van der Waals surface area contributed by atoms with Crippen molar-refractivity contribution in [2.24, 2.45) is 0 Å². The van der Waals surface area contributed by atoms with E-state index in [-0.39, 0.29) is 5.83 Å². The van der Waals surface area contributed by atoms with E-state index >= 15 is 0 Å². The molecule has 72 valence electrons. The number of rotatable bonds is 5. The molecule has 1 nitrogen and oxygen atoms in total. The first-order chi connectivity index (χ1) is 6.11. The van der Waals surface area contributed by atoms with Crippen molar-refractivity contribution >= 4 is 6.21 Å². The topological polar surface area (TPSA) is 23.9 Å². The van der Waals surface area contributed by atoms with E-state index in [4.69, 9.17) is 5.41 Å². The third-order valence-electron chi connectivity index (χ3n) is 1.62. The highest BCUT2D eigenvalue weighted by molar-refractivity contribution is 5.80. The number of allylic oxidation sites excluding steroid dienone is 5. The van der Waals surface area contributed by atoms with E-state index in [1.807, 2.05) is 0 Å². The van der Waals surface area contributed by atoms with Gasteiger partial charge in [0.1, 0.15) is 5.83 Å². The Morgan fingerprint density at radius 3 is 2.46 bits per heavy atom. The molecule has 0 aliphatic rings. The van der Waals surface area contributed by atoms with E-state index in [0.29, 0.717) is 5.57 Å². The Labute approximate surface area is 79.2 Å². The zero-order valence-electron chi connectivity index (χ0n) is 8.23. The van der Waals surface area contributed by atoms with Crippen molar-refractivity contribution in [3.63, 3.8) is 0 Å². The smallest absolute Gasteiger partial charge is 0.106 e. The maximum absolute atomic E-state index is 12.6. The minimum atomic E-state index is -0.337. The Balaban J connectivity index is 4.33. The first-order valence-corrected chi connectivity index (χ1v) is 4.34. The van der Waals surface area contributed by atoms with Crippen molar-refractivity contribution in [1.82, 2.24) is 0 Å². The van der Waals surface area contributed by atoms with Gasteiger partial charge in [-0.1, -0.05) is 37.6 Å². The molecule has 0 unspecified atom stereocenters. The van der Waals surface area contributed by atoms with Crippen LogP contribution in [-0.2, 0) is 0 Å². The molecule has 0 radical (unpaired) electrons. The molecular weight excluding hydrogens is 165 g/mol.